The molecule has 7 heteroatoms. The molecular weight excluding hydrogens is 300 g/mol. The molecule has 2 heterocycles. The Morgan fingerprint density at radius 2 is 2.14 bits per heavy atom. The molecule has 0 spiro atoms. The molecule has 0 bridgehead atoms. The van der Waals surface area contributed by atoms with Crippen LogP contribution in [0.25, 0.3) is 10.2 Å². The molecule has 2 aromatic heterocycles. The van der Waals surface area contributed by atoms with Crippen LogP contribution in [0.5, 0.6) is 0 Å². The molecule has 120 valence electrons. The van der Waals surface area contributed by atoms with E-state index in [9.17, 15) is 9.59 Å². The van der Waals surface area contributed by atoms with E-state index in [1.165, 1.54) is 11.3 Å². The Balaban J connectivity index is 2.09. The molecule has 22 heavy (non-hydrogen) atoms. The van der Waals surface area contributed by atoms with Gasteiger partial charge in [-0.05, 0) is 26.5 Å². The van der Waals surface area contributed by atoms with Gasteiger partial charge in [0.25, 0.3) is 5.56 Å². The highest BCUT2D eigenvalue weighted by Gasteiger charge is 2.13. The molecule has 0 unspecified atom stereocenters. The summed E-state index contributed by atoms with van der Waals surface area (Å²) in [5.41, 5.74) is 0.876. The van der Waals surface area contributed by atoms with Crippen LogP contribution in [0.3, 0.4) is 0 Å². The van der Waals surface area contributed by atoms with Crippen LogP contribution in [-0.2, 0) is 11.2 Å². The normalized spacial score (nSPS) is 11.1. The molecule has 0 atom stereocenters. The predicted octanol–water partition coefficient (Wildman–Crippen LogP) is 1.21. The van der Waals surface area contributed by atoms with Gasteiger partial charge in [-0.2, -0.15) is 0 Å². The minimum Gasteiger partial charge on any atom is -0.344 e. The number of thiophene rings is 1. The number of amides is 1. The van der Waals surface area contributed by atoms with Gasteiger partial charge < -0.3 is 15.2 Å². The van der Waals surface area contributed by atoms with Crippen molar-refractivity contribution in [2.45, 2.75) is 26.7 Å². The highest BCUT2D eigenvalue weighted by atomic mass is 32.1. The molecule has 0 fully saturated rings. The summed E-state index contributed by atoms with van der Waals surface area (Å²) >= 11 is 1.52. The number of hydrogen-bond acceptors (Lipinski definition) is 5. The monoisotopic (exact) mass is 322 g/mol. The zero-order valence-electron chi connectivity index (χ0n) is 13.4. The zero-order chi connectivity index (χ0) is 16.3. The molecule has 0 saturated carbocycles. The second-order valence-electron chi connectivity index (χ2n) is 5.39. The van der Waals surface area contributed by atoms with E-state index in [1.54, 1.807) is 11.9 Å². The maximum absolute atomic E-state index is 12.2. The van der Waals surface area contributed by atoms with Gasteiger partial charge in [0.05, 0.1) is 5.39 Å². The van der Waals surface area contributed by atoms with Gasteiger partial charge in [-0.15, -0.1) is 11.3 Å². The van der Waals surface area contributed by atoms with Crippen molar-refractivity contribution in [1.29, 1.82) is 0 Å². The van der Waals surface area contributed by atoms with Crippen molar-refractivity contribution in [3.8, 4) is 0 Å². The fourth-order valence-electron chi connectivity index (χ4n) is 2.24. The van der Waals surface area contributed by atoms with Gasteiger partial charge in [0.2, 0.25) is 5.91 Å². The van der Waals surface area contributed by atoms with E-state index in [-0.39, 0.29) is 11.5 Å². The average molecular weight is 322 g/mol. The maximum Gasteiger partial charge on any atom is 0.259 e. The number of carbonyl (C=O) groups excluding carboxylic acids is 1. The van der Waals surface area contributed by atoms with Crippen LogP contribution in [0.15, 0.2) is 4.79 Å². The summed E-state index contributed by atoms with van der Waals surface area (Å²) in [6.45, 7) is 5.35. The van der Waals surface area contributed by atoms with Crippen molar-refractivity contribution < 1.29 is 4.79 Å². The second-order valence-corrected chi connectivity index (χ2v) is 6.60. The molecule has 1 amide bonds. The first-order valence-electron chi connectivity index (χ1n) is 7.31. The van der Waals surface area contributed by atoms with Crippen molar-refractivity contribution in [3.05, 3.63) is 26.6 Å². The van der Waals surface area contributed by atoms with E-state index in [0.717, 1.165) is 21.8 Å². The van der Waals surface area contributed by atoms with Gasteiger partial charge in [0.15, 0.2) is 0 Å². The Morgan fingerprint density at radius 1 is 1.41 bits per heavy atom. The molecule has 2 aromatic rings. The lowest BCUT2D eigenvalue weighted by Crippen LogP contribution is -2.33. The van der Waals surface area contributed by atoms with Crippen LogP contribution in [0.4, 0.5) is 0 Å². The number of aromatic amines is 1. The molecule has 0 aliphatic carbocycles. The van der Waals surface area contributed by atoms with E-state index in [1.807, 2.05) is 20.9 Å². The fourth-order valence-corrected chi connectivity index (χ4v) is 3.29. The van der Waals surface area contributed by atoms with Crippen molar-refractivity contribution in [2.75, 3.05) is 27.2 Å². The lowest BCUT2D eigenvalue weighted by atomic mass is 10.2. The number of nitrogens with zero attached hydrogens (tertiary/aromatic N) is 2. The summed E-state index contributed by atoms with van der Waals surface area (Å²) in [4.78, 5) is 35.0. The van der Waals surface area contributed by atoms with Crippen LogP contribution in [0.2, 0.25) is 0 Å². The number of carbonyl (C=O) groups is 1. The Kier molecular flexibility index (Phi) is 5.31. The summed E-state index contributed by atoms with van der Waals surface area (Å²) < 4.78 is 0. The van der Waals surface area contributed by atoms with Crippen LogP contribution in [0.1, 0.15) is 22.7 Å². The third kappa shape index (κ3) is 3.53. The van der Waals surface area contributed by atoms with E-state index >= 15 is 0 Å². The Labute approximate surface area is 133 Å². The molecule has 0 radical (unpaired) electrons. The van der Waals surface area contributed by atoms with Crippen molar-refractivity contribution in [2.24, 2.45) is 0 Å². The molecule has 0 aliphatic rings. The number of aromatic nitrogens is 2. The average Bonchev–Trinajstić information content (AvgIpc) is 2.77. The van der Waals surface area contributed by atoms with Gasteiger partial charge in [-0.3, -0.25) is 9.59 Å². The van der Waals surface area contributed by atoms with Gasteiger partial charge >= 0.3 is 0 Å². The Bertz CT molecular complexity index is 735. The van der Waals surface area contributed by atoms with Gasteiger partial charge in [-0.25, -0.2) is 4.98 Å². The topological polar surface area (TPSA) is 78.1 Å². The Hall–Kier alpha value is -1.73. The predicted molar refractivity (Wildman–Crippen MR) is 89.6 cm³/mol. The largest absolute Gasteiger partial charge is 0.344 e. The summed E-state index contributed by atoms with van der Waals surface area (Å²) in [6, 6.07) is 0. The third-order valence-electron chi connectivity index (χ3n) is 3.79. The number of hydrogen-bond donors (Lipinski definition) is 2. The van der Waals surface area contributed by atoms with Crippen LogP contribution < -0.4 is 10.9 Å². The van der Waals surface area contributed by atoms with Gasteiger partial charge in [0.1, 0.15) is 10.7 Å². The smallest absolute Gasteiger partial charge is 0.259 e. The van der Waals surface area contributed by atoms with E-state index in [0.29, 0.717) is 30.6 Å². The minimum absolute atomic E-state index is 0.0523. The maximum atomic E-state index is 12.2. The lowest BCUT2D eigenvalue weighted by Gasteiger charge is -2.16. The first-order valence-corrected chi connectivity index (χ1v) is 8.13. The Morgan fingerprint density at radius 3 is 2.82 bits per heavy atom. The molecule has 6 nitrogen and oxygen atoms in total. The quantitative estimate of drug-likeness (QED) is 0.838. The minimum atomic E-state index is -0.113. The van der Waals surface area contributed by atoms with Crippen molar-refractivity contribution in [1.82, 2.24) is 20.2 Å². The first kappa shape index (κ1) is 16.6. The van der Waals surface area contributed by atoms with Crippen molar-refractivity contribution >= 4 is 27.5 Å². The SMILES string of the molecule is CNCCN(C)C(=O)CCc1nc2sc(C)c(C)c2c(=O)[nH]1. The third-order valence-corrected chi connectivity index (χ3v) is 4.89. The molecule has 0 aromatic carbocycles. The van der Waals surface area contributed by atoms with E-state index in [4.69, 9.17) is 0 Å². The van der Waals surface area contributed by atoms with Gasteiger partial charge in [-0.1, -0.05) is 0 Å². The van der Waals surface area contributed by atoms with Crippen molar-refractivity contribution in [3.63, 3.8) is 0 Å². The van der Waals surface area contributed by atoms with Crippen LogP contribution in [0, 0.1) is 13.8 Å². The summed E-state index contributed by atoms with van der Waals surface area (Å²) in [5.74, 6) is 0.630. The molecular formula is C15H22N4O2S. The standard InChI is InChI=1S/C15H22N4O2S/c1-9-10(2)22-15-13(9)14(21)17-11(18-15)5-6-12(20)19(4)8-7-16-3/h16H,5-8H2,1-4H3,(H,17,18,21). The lowest BCUT2D eigenvalue weighted by molar-refractivity contribution is -0.129. The highest BCUT2D eigenvalue weighted by molar-refractivity contribution is 7.18. The molecule has 0 aliphatic heterocycles. The summed E-state index contributed by atoms with van der Waals surface area (Å²) in [7, 11) is 3.64. The number of likely N-dealkylation sites (N-methyl/N-ethyl adjacent to an activating group) is 2. The second kappa shape index (κ2) is 7.02. The number of rotatable bonds is 6. The fraction of sp³-hybridized carbons (Fsp3) is 0.533. The number of fused-ring (bicyclic) bond motifs is 1. The van der Waals surface area contributed by atoms with Crippen LogP contribution in [-0.4, -0.2) is 48.0 Å². The summed E-state index contributed by atoms with van der Waals surface area (Å²) in [5, 5.41) is 3.68. The van der Waals surface area contributed by atoms with E-state index in [2.05, 4.69) is 15.3 Å². The summed E-state index contributed by atoms with van der Waals surface area (Å²) in [6.07, 6.45) is 0.794. The number of aryl methyl sites for hydroxylation is 3. The molecule has 2 rings (SSSR count). The number of H-pyrrole nitrogens is 1. The van der Waals surface area contributed by atoms with Gasteiger partial charge in [0, 0.05) is 37.9 Å². The highest BCUT2D eigenvalue weighted by Crippen LogP contribution is 2.25. The molecule has 0 saturated heterocycles. The first-order chi connectivity index (χ1) is 10.4. The zero-order valence-corrected chi connectivity index (χ0v) is 14.3. The molecule has 2 N–H and O–H groups in total. The van der Waals surface area contributed by atoms with E-state index < -0.39 is 0 Å². The number of nitrogens with one attached hydrogen (secondary N) is 2. The van der Waals surface area contributed by atoms with Crippen LogP contribution >= 0.6 is 11.3 Å².